The van der Waals surface area contributed by atoms with E-state index in [-0.39, 0.29) is 0 Å². The maximum Gasteiger partial charge on any atom is 0.148 e. The molecule has 0 saturated heterocycles. The van der Waals surface area contributed by atoms with Gasteiger partial charge in [0.25, 0.3) is 0 Å². The molecule has 0 spiro atoms. The minimum atomic E-state index is 0.389. The zero-order chi connectivity index (χ0) is 11.4. The van der Waals surface area contributed by atoms with E-state index in [1.807, 2.05) is 18.2 Å². The Balaban J connectivity index is 2.20. The summed E-state index contributed by atoms with van der Waals surface area (Å²) in [7, 11) is 1.64. The lowest BCUT2D eigenvalue weighted by molar-refractivity contribution is 0.146. The van der Waals surface area contributed by atoms with Crippen molar-refractivity contribution in [3.63, 3.8) is 0 Å². The Kier molecular flexibility index (Phi) is 3.54. The van der Waals surface area contributed by atoms with Crippen molar-refractivity contribution in [2.24, 2.45) is 0 Å². The van der Waals surface area contributed by atoms with Crippen molar-refractivity contribution in [1.82, 2.24) is 9.97 Å². The first kappa shape index (κ1) is 11.1. The maximum atomic E-state index is 5.74. The van der Waals surface area contributed by atoms with Gasteiger partial charge in [-0.05, 0) is 12.1 Å². The molecule has 0 unspecified atom stereocenters. The van der Waals surface area contributed by atoms with Crippen molar-refractivity contribution in [2.75, 3.05) is 20.3 Å². The van der Waals surface area contributed by atoms with Crippen LogP contribution < -0.4 is 4.74 Å². The van der Waals surface area contributed by atoms with Crippen LogP contribution in [-0.2, 0) is 4.74 Å². The molecule has 0 fully saturated rings. The quantitative estimate of drug-likeness (QED) is 0.767. The molecule has 5 heteroatoms. The zero-order valence-electron chi connectivity index (χ0n) is 8.81. The number of halogens is 1. The summed E-state index contributed by atoms with van der Waals surface area (Å²) in [6, 6.07) is 5.49. The normalized spacial score (nSPS) is 10.6. The molecule has 1 aromatic carbocycles. The number of benzene rings is 1. The molecule has 0 aliphatic rings. The van der Waals surface area contributed by atoms with Crippen LogP contribution in [0.2, 0.25) is 5.15 Å². The molecule has 0 aliphatic carbocycles. The first-order chi connectivity index (χ1) is 7.79. The van der Waals surface area contributed by atoms with E-state index in [0.717, 1.165) is 16.8 Å². The third-order valence-electron chi connectivity index (χ3n) is 2.04. The maximum absolute atomic E-state index is 5.74. The average molecular weight is 239 g/mol. The molecular weight excluding hydrogens is 228 g/mol. The van der Waals surface area contributed by atoms with E-state index in [0.29, 0.717) is 18.4 Å². The summed E-state index contributed by atoms with van der Waals surface area (Å²) >= 11 is 5.74. The first-order valence-electron chi connectivity index (χ1n) is 4.83. The number of hydrogen-bond acceptors (Lipinski definition) is 4. The number of methoxy groups -OCH3 is 1. The van der Waals surface area contributed by atoms with E-state index in [2.05, 4.69) is 9.97 Å². The highest BCUT2D eigenvalue weighted by atomic mass is 35.5. The summed E-state index contributed by atoms with van der Waals surface area (Å²) in [5.74, 6) is 0.751. The van der Waals surface area contributed by atoms with E-state index in [4.69, 9.17) is 21.1 Å². The monoisotopic (exact) mass is 238 g/mol. The molecule has 0 amide bonds. The van der Waals surface area contributed by atoms with Gasteiger partial charge >= 0.3 is 0 Å². The van der Waals surface area contributed by atoms with Gasteiger partial charge in [-0.15, -0.1) is 0 Å². The second-order valence-electron chi connectivity index (χ2n) is 3.18. The minimum Gasteiger partial charge on any atom is -0.491 e. The van der Waals surface area contributed by atoms with Gasteiger partial charge in [0.2, 0.25) is 0 Å². The molecule has 1 aromatic heterocycles. The van der Waals surface area contributed by atoms with Gasteiger partial charge in [-0.2, -0.15) is 0 Å². The van der Waals surface area contributed by atoms with Crippen LogP contribution in [0.15, 0.2) is 24.4 Å². The fourth-order valence-corrected chi connectivity index (χ4v) is 1.44. The topological polar surface area (TPSA) is 44.2 Å². The smallest absolute Gasteiger partial charge is 0.148 e. The largest absolute Gasteiger partial charge is 0.491 e. The van der Waals surface area contributed by atoms with Crippen molar-refractivity contribution < 1.29 is 9.47 Å². The van der Waals surface area contributed by atoms with Crippen molar-refractivity contribution in [2.45, 2.75) is 0 Å². The Morgan fingerprint density at radius 3 is 2.94 bits per heavy atom. The lowest BCUT2D eigenvalue weighted by atomic mass is 10.3. The Morgan fingerprint density at radius 1 is 1.25 bits per heavy atom. The summed E-state index contributed by atoms with van der Waals surface area (Å²) in [6.45, 7) is 1.08. The van der Waals surface area contributed by atoms with Crippen LogP contribution in [0, 0.1) is 0 Å². The highest BCUT2D eigenvalue weighted by molar-refractivity contribution is 6.29. The van der Waals surface area contributed by atoms with Crippen molar-refractivity contribution in [3.8, 4) is 5.75 Å². The van der Waals surface area contributed by atoms with Crippen LogP contribution in [0.25, 0.3) is 11.0 Å². The second-order valence-corrected chi connectivity index (χ2v) is 3.57. The van der Waals surface area contributed by atoms with Crippen LogP contribution in [0.1, 0.15) is 0 Å². The molecule has 2 rings (SSSR count). The first-order valence-corrected chi connectivity index (χ1v) is 5.21. The molecular formula is C11H11ClN2O2. The van der Waals surface area contributed by atoms with E-state index in [9.17, 15) is 0 Å². The molecule has 4 nitrogen and oxygen atoms in total. The van der Waals surface area contributed by atoms with Crippen molar-refractivity contribution in [1.29, 1.82) is 0 Å². The van der Waals surface area contributed by atoms with Gasteiger partial charge in [-0.1, -0.05) is 11.6 Å². The van der Waals surface area contributed by atoms with Crippen LogP contribution in [0.5, 0.6) is 5.75 Å². The standard InChI is InChI=1S/C11H11ClN2O2/c1-15-4-5-16-8-2-3-9-10(6-8)13-7-11(12)14-9/h2-3,6-7H,4-5H2,1H3. The summed E-state index contributed by atoms with van der Waals surface area (Å²) < 4.78 is 10.4. The second kappa shape index (κ2) is 5.09. The molecule has 2 aromatic rings. The van der Waals surface area contributed by atoms with Gasteiger partial charge in [0.15, 0.2) is 0 Å². The molecule has 0 aliphatic heterocycles. The van der Waals surface area contributed by atoms with Gasteiger partial charge in [-0.3, -0.25) is 4.98 Å². The van der Waals surface area contributed by atoms with Crippen LogP contribution in [0.3, 0.4) is 0 Å². The van der Waals surface area contributed by atoms with E-state index >= 15 is 0 Å². The summed E-state index contributed by atoms with van der Waals surface area (Å²) in [6.07, 6.45) is 1.52. The molecule has 84 valence electrons. The number of ether oxygens (including phenoxy) is 2. The SMILES string of the molecule is COCCOc1ccc2nc(Cl)cnc2c1. The molecule has 16 heavy (non-hydrogen) atoms. The molecule has 0 N–H and O–H groups in total. The highest BCUT2D eigenvalue weighted by Gasteiger charge is 2.00. The van der Waals surface area contributed by atoms with Gasteiger partial charge < -0.3 is 9.47 Å². The van der Waals surface area contributed by atoms with Crippen molar-refractivity contribution in [3.05, 3.63) is 29.5 Å². The highest BCUT2D eigenvalue weighted by Crippen LogP contribution is 2.18. The third kappa shape index (κ3) is 2.59. The summed E-state index contributed by atoms with van der Waals surface area (Å²) in [4.78, 5) is 8.30. The van der Waals surface area contributed by atoms with Gasteiger partial charge in [-0.25, -0.2) is 4.98 Å². The van der Waals surface area contributed by atoms with Gasteiger partial charge in [0, 0.05) is 13.2 Å². The van der Waals surface area contributed by atoms with E-state index < -0.39 is 0 Å². The number of fused-ring (bicyclic) bond motifs is 1. The van der Waals surface area contributed by atoms with Gasteiger partial charge in [0.1, 0.15) is 17.5 Å². The molecule has 0 saturated carbocycles. The van der Waals surface area contributed by atoms with E-state index in [1.54, 1.807) is 7.11 Å². The molecule has 0 atom stereocenters. The number of hydrogen-bond donors (Lipinski definition) is 0. The summed E-state index contributed by atoms with van der Waals surface area (Å²) in [5.41, 5.74) is 1.52. The lowest BCUT2D eigenvalue weighted by Gasteiger charge is -2.05. The molecule has 1 heterocycles. The number of aromatic nitrogens is 2. The van der Waals surface area contributed by atoms with Crippen LogP contribution >= 0.6 is 11.6 Å². The van der Waals surface area contributed by atoms with Crippen molar-refractivity contribution >= 4 is 22.6 Å². The molecule has 0 radical (unpaired) electrons. The van der Waals surface area contributed by atoms with E-state index in [1.165, 1.54) is 6.20 Å². The van der Waals surface area contributed by atoms with Crippen LogP contribution in [0.4, 0.5) is 0 Å². The molecule has 0 bridgehead atoms. The number of nitrogens with zero attached hydrogens (tertiary/aromatic N) is 2. The fraction of sp³-hybridized carbons (Fsp3) is 0.273. The Bertz CT molecular complexity index is 490. The van der Waals surface area contributed by atoms with Gasteiger partial charge in [0.05, 0.1) is 23.8 Å². The summed E-state index contributed by atoms with van der Waals surface area (Å²) in [5, 5.41) is 0.389. The Hall–Kier alpha value is -1.39. The number of rotatable bonds is 4. The Labute approximate surface area is 98.2 Å². The zero-order valence-corrected chi connectivity index (χ0v) is 9.57. The Morgan fingerprint density at radius 2 is 2.12 bits per heavy atom. The third-order valence-corrected chi connectivity index (χ3v) is 2.22. The lowest BCUT2D eigenvalue weighted by Crippen LogP contribution is -2.04. The predicted octanol–water partition coefficient (Wildman–Crippen LogP) is 2.31. The predicted molar refractivity (Wildman–Crippen MR) is 61.9 cm³/mol. The fourth-order valence-electron chi connectivity index (χ4n) is 1.30. The minimum absolute atomic E-state index is 0.389. The van der Waals surface area contributed by atoms with Crippen LogP contribution in [-0.4, -0.2) is 30.3 Å². The average Bonchev–Trinajstić information content (AvgIpc) is 2.29.